The Morgan fingerprint density at radius 3 is 2.58 bits per heavy atom. The van der Waals surface area contributed by atoms with Gasteiger partial charge in [0.2, 0.25) is 0 Å². The molecule has 0 spiro atoms. The standard InChI is InChI=1S/C17H21ClN4O2S2/c1-22(2)11-10-19-17(25)20-13-6-5-7-14(12-13)26(23,24)21-16-9-4-3-8-15(16)18/h3-9,12,21H,10-11H2,1-2H3,(H2,19,20,25). The zero-order chi connectivity index (χ0) is 19.2. The number of rotatable bonds is 7. The number of para-hydroxylation sites is 1. The summed E-state index contributed by atoms with van der Waals surface area (Å²) < 4.78 is 27.7. The molecule has 0 aliphatic heterocycles. The average molecular weight is 413 g/mol. The Balaban J connectivity index is 2.08. The van der Waals surface area contributed by atoms with E-state index in [4.69, 9.17) is 23.8 Å². The van der Waals surface area contributed by atoms with Crippen LogP contribution in [0.4, 0.5) is 11.4 Å². The summed E-state index contributed by atoms with van der Waals surface area (Å²) in [4.78, 5) is 2.14. The molecule has 6 nitrogen and oxygen atoms in total. The molecule has 0 heterocycles. The van der Waals surface area contributed by atoms with E-state index in [2.05, 4.69) is 15.4 Å². The first-order chi connectivity index (χ1) is 12.3. The summed E-state index contributed by atoms with van der Waals surface area (Å²) in [5.41, 5.74) is 0.905. The second-order valence-corrected chi connectivity index (χ2v) is 8.30. The summed E-state index contributed by atoms with van der Waals surface area (Å²) in [6.45, 7) is 1.52. The number of anilines is 2. The van der Waals surface area contributed by atoms with E-state index < -0.39 is 10.0 Å². The van der Waals surface area contributed by atoms with Gasteiger partial charge in [-0.2, -0.15) is 0 Å². The second-order valence-electron chi connectivity index (χ2n) is 5.80. The molecule has 0 aromatic heterocycles. The number of benzene rings is 2. The number of nitrogens with zero attached hydrogens (tertiary/aromatic N) is 1. The summed E-state index contributed by atoms with van der Waals surface area (Å²) in [7, 11) is 0.174. The minimum absolute atomic E-state index is 0.110. The third-order valence-corrected chi connectivity index (χ3v) is 5.30. The predicted octanol–water partition coefficient (Wildman–Crippen LogP) is 2.99. The van der Waals surface area contributed by atoms with Gasteiger partial charge in [0.1, 0.15) is 0 Å². The van der Waals surface area contributed by atoms with Crippen molar-refractivity contribution in [1.29, 1.82) is 0 Å². The quantitative estimate of drug-likeness (QED) is 0.607. The number of halogens is 1. The van der Waals surface area contributed by atoms with Crippen molar-refractivity contribution in [2.45, 2.75) is 4.90 Å². The number of hydrogen-bond acceptors (Lipinski definition) is 4. The van der Waals surface area contributed by atoms with Crippen molar-refractivity contribution in [2.24, 2.45) is 0 Å². The molecule has 2 aromatic carbocycles. The zero-order valence-corrected chi connectivity index (χ0v) is 16.9. The Bertz CT molecular complexity index is 873. The topological polar surface area (TPSA) is 73.5 Å². The van der Waals surface area contributed by atoms with Gasteiger partial charge in [-0.05, 0) is 56.6 Å². The van der Waals surface area contributed by atoms with E-state index in [0.717, 1.165) is 6.54 Å². The molecule has 0 bridgehead atoms. The first kappa shape index (κ1) is 20.4. The molecule has 0 aliphatic carbocycles. The van der Waals surface area contributed by atoms with Crippen molar-refractivity contribution in [1.82, 2.24) is 10.2 Å². The highest BCUT2D eigenvalue weighted by atomic mass is 35.5. The van der Waals surface area contributed by atoms with Crippen LogP contribution in [-0.2, 0) is 10.0 Å². The van der Waals surface area contributed by atoms with Gasteiger partial charge in [0.25, 0.3) is 10.0 Å². The third kappa shape index (κ3) is 6.14. The molecule has 2 aromatic rings. The molecule has 3 N–H and O–H groups in total. The lowest BCUT2D eigenvalue weighted by molar-refractivity contribution is 0.413. The first-order valence-electron chi connectivity index (χ1n) is 7.85. The highest BCUT2D eigenvalue weighted by molar-refractivity contribution is 7.92. The van der Waals surface area contributed by atoms with Crippen molar-refractivity contribution in [2.75, 3.05) is 37.2 Å². The van der Waals surface area contributed by atoms with Gasteiger partial charge in [-0.25, -0.2) is 8.42 Å². The van der Waals surface area contributed by atoms with Crippen LogP contribution in [0.15, 0.2) is 53.4 Å². The van der Waals surface area contributed by atoms with Crippen LogP contribution in [0.1, 0.15) is 0 Å². The van der Waals surface area contributed by atoms with Crippen LogP contribution >= 0.6 is 23.8 Å². The highest BCUT2D eigenvalue weighted by Crippen LogP contribution is 2.24. The molecule has 2 rings (SSSR count). The predicted molar refractivity (Wildman–Crippen MR) is 111 cm³/mol. The Kier molecular flexibility index (Phi) is 7.22. The van der Waals surface area contributed by atoms with Crippen LogP contribution in [-0.4, -0.2) is 45.6 Å². The minimum atomic E-state index is -3.77. The van der Waals surface area contributed by atoms with Crippen molar-refractivity contribution in [3.63, 3.8) is 0 Å². The van der Waals surface area contributed by atoms with Crippen molar-refractivity contribution >= 4 is 50.3 Å². The summed E-state index contributed by atoms with van der Waals surface area (Å²) in [6, 6.07) is 13.1. The van der Waals surface area contributed by atoms with Gasteiger partial charge in [-0.15, -0.1) is 0 Å². The van der Waals surface area contributed by atoms with Crippen LogP contribution in [0, 0.1) is 0 Å². The average Bonchev–Trinajstić information content (AvgIpc) is 2.57. The monoisotopic (exact) mass is 412 g/mol. The van der Waals surface area contributed by atoms with Crippen LogP contribution in [0.5, 0.6) is 0 Å². The van der Waals surface area contributed by atoms with Gasteiger partial charge in [0.15, 0.2) is 5.11 Å². The molecule has 0 fully saturated rings. The molecular formula is C17H21ClN4O2S2. The van der Waals surface area contributed by atoms with E-state index in [1.807, 2.05) is 19.0 Å². The third-order valence-electron chi connectivity index (χ3n) is 3.36. The first-order valence-corrected chi connectivity index (χ1v) is 10.1. The fourth-order valence-corrected chi connectivity index (χ4v) is 3.64. The maximum Gasteiger partial charge on any atom is 0.262 e. The SMILES string of the molecule is CN(C)CCNC(=S)Nc1cccc(S(=O)(=O)Nc2ccccc2Cl)c1. The number of nitrogens with one attached hydrogen (secondary N) is 3. The molecule has 0 atom stereocenters. The number of thiocarbonyl (C=S) groups is 1. The maximum atomic E-state index is 12.6. The summed E-state index contributed by atoms with van der Waals surface area (Å²) in [5, 5.41) is 6.81. The lowest BCUT2D eigenvalue weighted by Gasteiger charge is -2.14. The van der Waals surface area contributed by atoms with E-state index in [-0.39, 0.29) is 4.90 Å². The largest absolute Gasteiger partial charge is 0.361 e. The molecule has 0 unspecified atom stereocenters. The van der Waals surface area contributed by atoms with Crippen LogP contribution in [0.2, 0.25) is 5.02 Å². The number of hydrogen-bond donors (Lipinski definition) is 3. The number of sulfonamides is 1. The summed E-state index contributed by atoms with van der Waals surface area (Å²) >= 11 is 11.2. The zero-order valence-electron chi connectivity index (χ0n) is 14.5. The highest BCUT2D eigenvalue weighted by Gasteiger charge is 2.16. The molecule has 0 saturated heterocycles. The summed E-state index contributed by atoms with van der Waals surface area (Å²) in [5.74, 6) is 0. The molecule has 0 amide bonds. The summed E-state index contributed by atoms with van der Waals surface area (Å²) in [6.07, 6.45) is 0. The van der Waals surface area contributed by atoms with E-state index >= 15 is 0 Å². The lowest BCUT2D eigenvalue weighted by atomic mass is 10.3. The van der Waals surface area contributed by atoms with Crippen molar-refractivity contribution in [3.05, 3.63) is 53.6 Å². The van der Waals surface area contributed by atoms with E-state index in [9.17, 15) is 8.42 Å². The molecule has 0 radical (unpaired) electrons. The molecule has 0 aliphatic rings. The van der Waals surface area contributed by atoms with Crippen LogP contribution in [0.25, 0.3) is 0 Å². The van der Waals surface area contributed by atoms with Gasteiger partial charge in [0.05, 0.1) is 15.6 Å². The van der Waals surface area contributed by atoms with E-state index in [0.29, 0.717) is 28.1 Å². The molecule has 26 heavy (non-hydrogen) atoms. The Labute approximate surface area is 164 Å². The molecule has 0 saturated carbocycles. The van der Waals surface area contributed by atoms with Gasteiger partial charge >= 0.3 is 0 Å². The van der Waals surface area contributed by atoms with Gasteiger partial charge < -0.3 is 15.5 Å². The fourth-order valence-electron chi connectivity index (χ4n) is 2.06. The van der Waals surface area contributed by atoms with Crippen molar-refractivity contribution < 1.29 is 8.42 Å². The fraction of sp³-hybridized carbons (Fsp3) is 0.235. The molecule has 9 heteroatoms. The van der Waals surface area contributed by atoms with Gasteiger partial charge in [-0.3, -0.25) is 4.72 Å². The van der Waals surface area contributed by atoms with Crippen molar-refractivity contribution in [3.8, 4) is 0 Å². The van der Waals surface area contributed by atoms with Crippen LogP contribution in [0.3, 0.4) is 0 Å². The smallest absolute Gasteiger partial charge is 0.262 e. The Morgan fingerprint density at radius 2 is 1.88 bits per heavy atom. The van der Waals surface area contributed by atoms with E-state index in [1.165, 1.54) is 12.1 Å². The Hall–Kier alpha value is -1.87. The van der Waals surface area contributed by atoms with Crippen LogP contribution < -0.4 is 15.4 Å². The van der Waals surface area contributed by atoms with Gasteiger partial charge in [0, 0.05) is 18.8 Å². The lowest BCUT2D eigenvalue weighted by Crippen LogP contribution is -2.34. The maximum absolute atomic E-state index is 12.6. The molecule has 140 valence electrons. The second kappa shape index (κ2) is 9.18. The Morgan fingerprint density at radius 1 is 1.15 bits per heavy atom. The van der Waals surface area contributed by atoms with Gasteiger partial charge in [-0.1, -0.05) is 29.8 Å². The number of likely N-dealkylation sites (N-methyl/N-ethyl adjacent to an activating group) is 1. The normalized spacial score (nSPS) is 11.2. The van der Waals surface area contributed by atoms with E-state index in [1.54, 1.807) is 36.4 Å². The minimum Gasteiger partial charge on any atom is -0.361 e. The molecular weight excluding hydrogens is 392 g/mol.